The Morgan fingerprint density at radius 1 is 1.32 bits per heavy atom. The molecule has 128 valence electrons. The maximum atomic E-state index is 12.4. The fraction of sp³-hybridized carbons (Fsp3) is 0.167. The number of nitrogens with one attached hydrogen (secondary N) is 1. The first-order valence-electron chi connectivity index (χ1n) is 7.58. The van der Waals surface area contributed by atoms with Crippen molar-refractivity contribution in [1.82, 2.24) is 9.78 Å². The van der Waals surface area contributed by atoms with E-state index in [-0.39, 0.29) is 17.9 Å². The minimum atomic E-state index is -0.290. The normalized spacial score (nSPS) is 10.7. The Bertz CT molecular complexity index is 1010. The molecule has 1 heterocycles. The van der Waals surface area contributed by atoms with Gasteiger partial charge in [0.2, 0.25) is 11.3 Å². The fourth-order valence-corrected chi connectivity index (χ4v) is 2.70. The van der Waals surface area contributed by atoms with Crippen molar-refractivity contribution in [3.63, 3.8) is 0 Å². The van der Waals surface area contributed by atoms with Gasteiger partial charge in [-0.2, -0.15) is 5.10 Å². The molecule has 1 aromatic heterocycles. The highest BCUT2D eigenvalue weighted by molar-refractivity contribution is 6.31. The molecule has 0 spiro atoms. The van der Waals surface area contributed by atoms with Gasteiger partial charge in [-0.3, -0.25) is 14.3 Å². The maximum absolute atomic E-state index is 12.4. The third-order valence-electron chi connectivity index (χ3n) is 3.81. The van der Waals surface area contributed by atoms with Crippen molar-refractivity contribution >= 4 is 34.1 Å². The van der Waals surface area contributed by atoms with Crippen molar-refractivity contribution < 1.29 is 9.53 Å². The SMILES string of the molecule is COc1cc(Cl)c(C)cc1NC(=O)Cn1ncc(=O)c2ccccc21. The number of fused-ring (bicyclic) bond motifs is 1. The molecule has 0 aliphatic heterocycles. The predicted octanol–water partition coefficient (Wildman–Crippen LogP) is 3.01. The number of halogens is 1. The van der Waals surface area contributed by atoms with Gasteiger partial charge < -0.3 is 10.1 Å². The van der Waals surface area contributed by atoms with Crippen LogP contribution in [0, 0.1) is 6.92 Å². The smallest absolute Gasteiger partial charge is 0.246 e. The molecule has 0 saturated carbocycles. The lowest BCUT2D eigenvalue weighted by molar-refractivity contribution is -0.116. The van der Waals surface area contributed by atoms with E-state index in [4.69, 9.17) is 16.3 Å². The number of amides is 1. The Balaban J connectivity index is 1.88. The first-order valence-corrected chi connectivity index (χ1v) is 7.96. The summed E-state index contributed by atoms with van der Waals surface area (Å²) in [5.41, 5.74) is 1.77. The Labute approximate surface area is 149 Å². The van der Waals surface area contributed by atoms with Crippen LogP contribution in [0.5, 0.6) is 5.75 Å². The predicted molar refractivity (Wildman–Crippen MR) is 97.4 cm³/mol. The molecule has 2 aromatic carbocycles. The molecule has 6 nitrogen and oxygen atoms in total. The minimum Gasteiger partial charge on any atom is -0.495 e. The topological polar surface area (TPSA) is 73.2 Å². The van der Waals surface area contributed by atoms with E-state index < -0.39 is 0 Å². The van der Waals surface area contributed by atoms with E-state index in [0.29, 0.717) is 27.4 Å². The zero-order chi connectivity index (χ0) is 18.0. The van der Waals surface area contributed by atoms with Gasteiger partial charge in [-0.15, -0.1) is 0 Å². The number of hydrogen-bond acceptors (Lipinski definition) is 4. The lowest BCUT2D eigenvalue weighted by Crippen LogP contribution is -2.22. The van der Waals surface area contributed by atoms with Gasteiger partial charge in [-0.1, -0.05) is 23.7 Å². The summed E-state index contributed by atoms with van der Waals surface area (Å²) in [5.74, 6) is 0.183. The van der Waals surface area contributed by atoms with E-state index in [0.717, 1.165) is 5.56 Å². The van der Waals surface area contributed by atoms with Crippen LogP contribution in [0.2, 0.25) is 5.02 Å². The molecule has 0 fully saturated rings. The van der Waals surface area contributed by atoms with Crippen molar-refractivity contribution in [1.29, 1.82) is 0 Å². The molecule has 0 aliphatic carbocycles. The summed E-state index contributed by atoms with van der Waals surface area (Å²) in [5, 5.41) is 7.93. The van der Waals surface area contributed by atoms with E-state index in [1.807, 2.05) is 6.92 Å². The number of anilines is 1. The van der Waals surface area contributed by atoms with Gasteiger partial charge >= 0.3 is 0 Å². The molecular weight excluding hydrogens is 342 g/mol. The quantitative estimate of drug-likeness (QED) is 0.779. The summed E-state index contributed by atoms with van der Waals surface area (Å²) in [4.78, 5) is 24.3. The van der Waals surface area contributed by atoms with Crippen molar-refractivity contribution in [2.75, 3.05) is 12.4 Å². The van der Waals surface area contributed by atoms with Crippen LogP contribution in [0.15, 0.2) is 47.4 Å². The number of benzene rings is 2. The summed E-state index contributed by atoms with van der Waals surface area (Å²) in [6.07, 6.45) is 1.21. The van der Waals surface area contributed by atoms with Gasteiger partial charge in [0.15, 0.2) is 0 Å². The highest BCUT2D eigenvalue weighted by Crippen LogP contribution is 2.30. The van der Waals surface area contributed by atoms with Crippen LogP contribution in [-0.4, -0.2) is 22.8 Å². The summed E-state index contributed by atoms with van der Waals surface area (Å²) in [7, 11) is 1.51. The summed E-state index contributed by atoms with van der Waals surface area (Å²) < 4.78 is 6.74. The third kappa shape index (κ3) is 3.49. The first kappa shape index (κ1) is 17.0. The lowest BCUT2D eigenvalue weighted by atomic mass is 10.2. The van der Waals surface area contributed by atoms with Crippen LogP contribution in [0.1, 0.15) is 5.56 Å². The van der Waals surface area contributed by atoms with Crippen molar-refractivity contribution in [2.24, 2.45) is 0 Å². The van der Waals surface area contributed by atoms with E-state index >= 15 is 0 Å². The van der Waals surface area contributed by atoms with Crippen LogP contribution in [-0.2, 0) is 11.3 Å². The van der Waals surface area contributed by atoms with Crippen LogP contribution in [0.3, 0.4) is 0 Å². The molecule has 0 radical (unpaired) electrons. The van der Waals surface area contributed by atoms with Crippen LogP contribution in [0.25, 0.3) is 10.9 Å². The van der Waals surface area contributed by atoms with Crippen molar-refractivity contribution in [3.05, 3.63) is 63.4 Å². The molecular formula is C18H16ClN3O3. The molecule has 0 saturated heterocycles. The standard InChI is InChI=1S/C18H16ClN3O3/c1-11-7-14(17(25-2)8-13(11)19)21-18(24)10-22-15-6-4-3-5-12(15)16(23)9-20-22/h3-9H,10H2,1-2H3,(H,21,24). The second-order valence-corrected chi connectivity index (χ2v) is 5.94. The van der Waals surface area contributed by atoms with Crippen molar-refractivity contribution in [3.8, 4) is 5.75 Å². The monoisotopic (exact) mass is 357 g/mol. The molecule has 0 bridgehead atoms. The number of methoxy groups -OCH3 is 1. The molecule has 25 heavy (non-hydrogen) atoms. The number of carbonyl (C=O) groups excluding carboxylic acids is 1. The van der Waals surface area contributed by atoms with Gasteiger partial charge in [0.1, 0.15) is 12.3 Å². The third-order valence-corrected chi connectivity index (χ3v) is 4.22. The molecule has 3 rings (SSSR count). The zero-order valence-corrected chi connectivity index (χ0v) is 14.5. The number of hydrogen-bond donors (Lipinski definition) is 1. The largest absolute Gasteiger partial charge is 0.495 e. The van der Waals surface area contributed by atoms with Crippen LogP contribution >= 0.6 is 11.6 Å². The number of carbonyl (C=O) groups is 1. The van der Waals surface area contributed by atoms with Gasteiger partial charge in [-0.05, 0) is 30.7 Å². The molecule has 7 heteroatoms. The summed E-state index contributed by atoms with van der Waals surface area (Å²) in [6.45, 7) is 1.81. The molecule has 1 N–H and O–H groups in total. The summed E-state index contributed by atoms with van der Waals surface area (Å²) >= 11 is 6.07. The lowest BCUT2D eigenvalue weighted by Gasteiger charge is -2.13. The fourth-order valence-electron chi connectivity index (χ4n) is 2.54. The average molecular weight is 358 g/mol. The van der Waals surface area contributed by atoms with Crippen molar-refractivity contribution in [2.45, 2.75) is 13.5 Å². The Morgan fingerprint density at radius 3 is 2.84 bits per heavy atom. The molecule has 0 unspecified atom stereocenters. The molecule has 0 atom stereocenters. The van der Waals surface area contributed by atoms with Gasteiger partial charge in [-0.25, -0.2) is 0 Å². The number of para-hydroxylation sites is 1. The number of rotatable bonds is 4. The van der Waals surface area contributed by atoms with Gasteiger partial charge in [0, 0.05) is 16.5 Å². The highest BCUT2D eigenvalue weighted by atomic mass is 35.5. The highest BCUT2D eigenvalue weighted by Gasteiger charge is 2.12. The van der Waals surface area contributed by atoms with Gasteiger partial charge in [0.05, 0.1) is 24.5 Å². The Kier molecular flexibility index (Phi) is 4.72. The average Bonchev–Trinajstić information content (AvgIpc) is 2.60. The molecule has 1 amide bonds. The summed E-state index contributed by atoms with van der Waals surface area (Å²) in [6, 6.07) is 10.4. The second kappa shape index (κ2) is 6.94. The molecule has 0 aliphatic rings. The van der Waals surface area contributed by atoms with E-state index in [2.05, 4.69) is 10.4 Å². The van der Waals surface area contributed by atoms with Gasteiger partial charge in [0.25, 0.3) is 0 Å². The van der Waals surface area contributed by atoms with E-state index in [1.165, 1.54) is 18.0 Å². The van der Waals surface area contributed by atoms with E-state index in [9.17, 15) is 9.59 Å². The first-order chi connectivity index (χ1) is 12.0. The number of aromatic nitrogens is 2. The van der Waals surface area contributed by atoms with Crippen LogP contribution in [0.4, 0.5) is 5.69 Å². The van der Waals surface area contributed by atoms with E-state index in [1.54, 1.807) is 36.4 Å². The number of aryl methyl sites for hydroxylation is 1. The Hall–Kier alpha value is -2.86. The molecule has 3 aromatic rings. The zero-order valence-electron chi connectivity index (χ0n) is 13.7. The second-order valence-electron chi connectivity index (χ2n) is 5.53. The maximum Gasteiger partial charge on any atom is 0.246 e. The Morgan fingerprint density at radius 2 is 2.08 bits per heavy atom. The van der Waals surface area contributed by atoms with Crippen LogP contribution < -0.4 is 15.5 Å². The number of nitrogens with zero attached hydrogens (tertiary/aromatic N) is 2. The minimum absolute atomic E-state index is 0.0361. The number of ether oxygens (including phenoxy) is 1.